The molecule has 0 spiro atoms. The molecule has 2 aromatic rings. The van der Waals surface area contributed by atoms with E-state index in [0.717, 1.165) is 18.8 Å². The van der Waals surface area contributed by atoms with Crippen LogP contribution in [0.2, 0.25) is 0 Å². The van der Waals surface area contributed by atoms with Gasteiger partial charge in [-0.3, -0.25) is 4.79 Å². The smallest absolute Gasteiger partial charge is 0.377 e. The largest absolute Gasteiger partial charge is 0.447 e. The SMILES string of the molecule is Cc1cc(C(=O)O[C@@H](C)C(=O)Nc2ccc(N3CCOCC3)cc2)on1. The molecule has 1 aromatic carbocycles. The van der Waals surface area contributed by atoms with Crippen molar-refractivity contribution in [3.05, 3.63) is 41.8 Å². The minimum absolute atomic E-state index is 0.0305. The normalized spacial score (nSPS) is 15.4. The molecule has 0 aliphatic carbocycles. The number of aryl methyl sites for hydroxylation is 1. The number of amides is 1. The highest BCUT2D eigenvalue weighted by Crippen LogP contribution is 2.19. The minimum atomic E-state index is -0.966. The second kappa shape index (κ2) is 8.01. The fraction of sp³-hybridized carbons (Fsp3) is 0.389. The van der Waals surface area contributed by atoms with Crippen molar-refractivity contribution in [1.82, 2.24) is 5.16 Å². The molecule has 1 saturated heterocycles. The van der Waals surface area contributed by atoms with Crippen LogP contribution in [0.15, 0.2) is 34.9 Å². The Hall–Kier alpha value is -2.87. The number of nitrogens with zero attached hydrogens (tertiary/aromatic N) is 2. The maximum Gasteiger partial charge on any atom is 0.377 e. The average Bonchev–Trinajstić information content (AvgIpc) is 3.09. The Balaban J connectivity index is 1.54. The van der Waals surface area contributed by atoms with Crippen LogP contribution in [0.3, 0.4) is 0 Å². The van der Waals surface area contributed by atoms with Gasteiger partial charge in [0, 0.05) is 30.5 Å². The van der Waals surface area contributed by atoms with Gasteiger partial charge in [0.05, 0.1) is 18.9 Å². The summed E-state index contributed by atoms with van der Waals surface area (Å²) in [6.07, 6.45) is -0.966. The highest BCUT2D eigenvalue weighted by atomic mass is 16.6. The van der Waals surface area contributed by atoms with E-state index in [9.17, 15) is 9.59 Å². The number of nitrogens with one attached hydrogen (secondary N) is 1. The van der Waals surface area contributed by atoms with Crippen LogP contribution in [0.5, 0.6) is 0 Å². The van der Waals surface area contributed by atoms with Crippen molar-refractivity contribution >= 4 is 23.3 Å². The van der Waals surface area contributed by atoms with E-state index in [0.29, 0.717) is 24.6 Å². The number of carbonyl (C=O) groups is 2. The third kappa shape index (κ3) is 4.40. The number of anilines is 2. The number of esters is 1. The third-order valence-electron chi connectivity index (χ3n) is 3.99. The highest BCUT2D eigenvalue weighted by Gasteiger charge is 2.22. The van der Waals surface area contributed by atoms with E-state index in [4.69, 9.17) is 14.0 Å². The van der Waals surface area contributed by atoms with Crippen LogP contribution in [0.25, 0.3) is 0 Å². The summed E-state index contributed by atoms with van der Waals surface area (Å²) in [6, 6.07) is 8.97. The van der Waals surface area contributed by atoms with Gasteiger partial charge in [-0.15, -0.1) is 0 Å². The lowest BCUT2D eigenvalue weighted by Crippen LogP contribution is -2.36. The summed E-state index contributed by atoms with van der Waals surface area (Å²) in [6.45, 7) is 6.31. The summed E-state index contributed by atoms with van der Waals surface area (Å²) < 4.78 is 15.3. The van der Waals surface area contributed by atoms with Gasteiger partial charge in [0.1, 0.15) is 0 Å². The number of rotatable bonds is 5. The van der Waals surface area contributed by atoms with Crippen LogP contribution in [-0.2, 0) is 14.3 Å². The number of aromatic nitrogens is 1. The van der Waals surface area contributed by atoms with Crippen molar-refractivity contribution in [1.29, 1.82) is 0 Å². The van der Waals surface area contributed by atoms with Crippen LogP contribution in [0.1, 0.15) is 23.2 Å². The molecule has 1 aliphatic heterocycles. The number of hydrogen-bond acceptors (Lipinski definition) is 7. The molecule has 0 radical (unpaired) electrons. The van der Waals surface area contributed by atoms with Gasteiger partial charge in [-0.25, -0.2) is 4.79 Å². The molecule has 0 unspecified atom stereocenters. The molecular formula is C18H21N3O5. The van der Waals surface area contributed by atoms with Gasteiger partial charge in [-0.2, -0.15) is 0 Å². The second-order valence-corrected chi connectivity index (χ2v) is 6.02. The molecule has 0 bridgehead atoms. The number of ether oxygens (including phenoxy) is 2. The molecule has 1 fully saturated rings. The average molecular weight is 359 g/mol. The van der Waals surface area contributed by atoms with Gasteiger partial charge in [0.2, 0.25) is 5.76 Å². The van der Waals surface area contributed by atoms with Crippen LogP contribution in [0.4, 0.5) is 11.4 Å². The summed E-state index contributed by atoms with van der Waals surface area (Å²) in [5, 5.41) is 6.34. The van der Waals surface area contributed by atoms with Gasteiger partial charge in [-0.1, -0.05) is 5.16 Å². The van der Waals surface area contributed by atoms with E-state index in [2.05, 4.69) is 15.4 Å². The van der Waals surface area contributed by atoms with Gasteiger partial charge >= 0.3 is 5.97 Å². The van der Waals surface area contributed by atoms with Gasteiger partial charge < -0.3 is 24.2 Å². The van der Waals surface area contributed by atoms with E-state index >= 15 is 0 Å². The summed E-state index contributed by atoms with van der Waals surface area (Å²) in [5.41, 5.74) is 2.27. The fourth-order valence-electron chi connectivity index (χ4n) is 2.55. The zero-order valence-electron chi connectivity index (χ0n) is 14.7. The number of carbonyl (C=O) groups excluding carboxylic acids is 2. The molecular weight excluding hydrogens is 338 g/mol. The van der Waals surface area contributed by atoms with Gasteiger partial charge in [-0.05, 0) is 38.1 Å². The summed E-state index contributed by atoms with van der Waals surface area (Å²) in [4.78, 5) is 26.3. The Kier molecular flexibility index (Phi) is 5.52. The quantitative estimate of drug-likeness (QED) is 0.816. The lowest BCUT2D eigenvalue weighted by atomic mass is 10.2. The molecule has 0 saturated carbocycles. The van der Waals surface area contributed by atoms with Gasteiger partial charge in [0.15, 0.2) is 6.10 Å². The van der Waals surface area contributed by atoms with E-state index < -0.39 is 18.0 Å². The second-order valence-electron chi connectivity index (χ2n) is 6.02. The van der Waals surface area contributed by atoms with E-state index in [1.165, 1.54) is 13.0 Å². The number of benzene rings is 1. The zero-order chi connectivity index (χ0) is 18.5. The summed E-state index contributed by atoms with van der Waals surface area (Å²) in [7, 11) is 0. The number of hydrogen-bond donors (Lipinski definition) is 1. The van der Waals surface area contributed by atoms with Crippen molar-refractivity contribution in [3.8, 4) is 0 Å². The van der Waals surface area contributed by atoms with Crippen LogP contribution >= 0.6 is 0 Å². The maximum absolute atomic E-state index is 12.2. The first-order valence-electron chi connectivity index (χ1n) is 8.41. The molecule has 26 heavy (non-hydrogen) atoms. The monoisotopic (exact) mass is 359 g/mol. The molecule has 8 nitrogen and oxygen atoms in total. The maximum atomic E-state index is 12.2. The Morgan fingerprint density at radius 1 is 1.23 bits per heavy atom. The standard InChI is InChI=1S/C18H21N3O5/c1-12-11-16(26-20-12)18(23)25-13(2)17(22)19-14-3-5-15(6-4-14)21-7-9-24-10-8-21/h3-6,11,13H,7-10H2,1-2H3,(H,19,22)/t13-/m0/s1. The Bertz CT molecular complexity index is 765. The molecule has 8 heteroatoms. The molecule has 3 rings (SSSR count). The van der Waals surface area contributed by atoms with Crippen molar-refractivity contribution in [2.45, 2.75) is 20.0 Å². The first kappa shape index (κ1) is 17.9. The summed E-state index contributed by atoms with van der Waals surface area (Å²) in [5.74, 6) is -1.18. The molecule has 1 aliphatic rings. The summed E-state index contributed by atoms with van der Waals surface area (Å²) >= 11 is 0. The first-order valence-corrected chi connectivity index (χ1v) is 8.41. The first-order chi connectivity index (χ1) is 12.5. The Morgan fingerprint density at radius 3 is 2.54 bits per heavy atom. The van der Waals surface area contributed by atoms with E-state index in [1.54, 1.807) is 6.92 Å². The van der Waals surface area contributed by atoms with E-state index in [-0.39, 0.29) is 5.76 Å². The van der Waals surface area contributed by atoms with Crippen LogP contribution in [-0.4, -0.2) is 49.4 Å². The third-order valence-corrected chi connectivity index (χ3v) is 3.99. The van der Waals surface area contributed by atoms with Crippen molar-refractivity contribution in [2.75, 3.05) is 36.5 Å². The lowest BCUT2D eigenvalue weighted by molar-refractivity contribution is -0.123. The topological polar surface area (TPSA) is 93.9 Å². The predicted molar refractivity (Wildman–Crippen MR) is 94.2 cm³/mol. The predicted octanol–water partition coefficient (Wildman–Crippen LogP) is 2.00. The van der Waals surface area contributed by atoms with Crippen molar-refractivity contribution in [2.24, 2.45) is 0 Å². The van der Waals surface area contributed by atoms with Crippen molar-refractivity contribution in [3.63, 3.8) is 0 Å². The molecule has 1 amide bonds. The van der Waals surface area contributed by atoms with Gasteiger partial charge in [0.25, 0.3) is 5.91 Å². The minimum Gasteiger partial charge on any atom is -0.447 e. The van der Waals surface area contributed by atoms with Crippen molar-refractivity contribution < 1.29 is 23.6 Å². The Labute approximate surface area is 151 Å². The molecule has 1 N–H and O–H groups in total. The fourth-order valence-corrected chi connectivity index (χ4v) is 2.55. The molecule has 138 valence electrons. The zero-order valence-corrected chi connectivity index (χ0v) is 14.7. The molecule has 2 heterocycles. The van der Waals surface area contributed by atoms with Crippen LogP contribution in [0, 0.1) is 6.92 Å². The van der Waals surface area contributed by atoms with E-state index in [1.807, 2.05) is 24.3 Å². The highest BCUT2D eigenvalue weighted by molar-refractivity contribution is 5.96. The lowest BCUT2D eigenvalue weighted by Gasteiger charge is -2.28. The Morgan fingerprint density at radius 2 is 1.92 bits per heavy atom. The number of morpholine rings is 1. The molecule has 1 atom stereocenters. The van der Waals surface area contributed by atoms with Crippen LogP contribution < -0.4 is 10.2 Å². The molecule has 1 aromatic heterocycles.